The standard InChI is InChI=1S/C12H13N3O6S2/c13-12(23(19,20)21)8-2-1-3-11(12)15-14-9-4-6-10(7-5-9)22(16,17)18/h1-8,11H,13H2,(H,16,17,18)(H,19,20,21)/b15-14+. The molecular formula is C12H13N3O6S2. The highest BCUT2D eigenvalue weighted by molar-refractivity contribution is 7.87. The number of hydrogen-bond donors (Lipinski definition) is 3. The van der Waals surface area contributed by atoms with Crippen LogP contribution in [-0.2, 0) is 20.2 Å². The molecule has 2 atom stereocenters. The van der Waals surface area contributed by atoms with Gasteiger partial charge in [-0.1, -0.05) is 18.2 Å². The molecule has 0 radical (unpaired) electrons. The summed E-state index contributed by atoms with van der Waals surface area (Å²) in [6.07, 6.45) is 5.30. The largest absolute Gasteiger partial charge is 0.305 e. The molecule has 9 nitrogen and oxygen atoms in total. The molecule has 0 aliphatic heterocycles. The lowest BCUT2D eigenvalue weighted by Crippen LogP contribution is -2.54. The van der Waals surface area contributed by atoms with Gasteiger partial charge in [0.2, 0.25) is 0 Å². The summed E-state index contributed by atoms with van der Waals surface area (Å²) in [6, 6.07) is 3.59. The molecule has 0 amide bonds. The van der Waals surface area contributed by atoms with E-state index in [1.165, 1.54) is 30.4 Å². The molecule has 0 spiro atoms. The van der Waals surface area contributed by atoms with Crippen LogP contribution in [0.15, 0.2) is 63.7 Å². The number of nitrogens with two attached hydrogens (primary N) is 1. The van der Waals surface area contributed by atoms with Gasteiger partial charge in [-0.05, 0) is 30.3 Å². The first-order chi connectivity index (χ1) is 10.5. The highest BCUT2D eigenvalue weighted by atomic mass is 32.2. The van der Waals surface area contributed by atoms with E-state index in [1.807, 2.05) is 0 Å². The van der Waals surface area contributed by atoms with Crippen LogP contribution in [0.25, 0.3) is 0 Å². The Bertz CT molecular complexity index is 887. The minimum absolute atomic E-state index is 0.207. The van der Waals surface area contributed by atoms with Crippen LogP contribution in [0.3, 0.4) is 0 Å². The average Bonchev–Trinajstić information content (AvgIpc) is 2.45. The Morgan fingerprint density at radius 1 is 1.04 bits per heavy atom. The number of hydrogen-bond acceptors (Lipinski definition) is 7. The fraction of sp³-hybridized carbons (Fsp3) is 0.167. The maximum Gasteiger partial charge on any atom is 0.294 e. The van der Waals surface area contributed by atoms with E-state index < -0.39 is 31.1 Å². The smallest absolute Gasteiger partial charge is 0.294 e. The predicted molar refractivity (Wildman–Crippen MR) is 81.3 cm³/mol. The van der Waals surface area contributed by atoms with Crippen LogP contribution >= 0.6 is 0 Å². The second-order valence-corrected chi connectivity index (χ2v) is 7.78. The minimum atomic E-state index is -4.63. The topological polar surface area (TPSA) is 159 Å². The van der Waals surface area contributed by atoms with Crippen molar-refractivity contribution in [1.82, 2.24) is 0 Å². The summed E-state index contributed by atoms with van der Waals surface area (Å²) in [5, 5.41) is 7.55. The zero-order chi connectivity index (χ0) is 17.3. The Morgan fingerprint density at radius 2 is 1.65 bits per heavy atom. The molecule has 0 aromatic heterocycles. The molecule has 0 fully saturated rings. The van der Waals surface area contributed by atoms with Gasteiger partial charge in [-0.15, -0.1) is 0 Å². The van der Waals surface area contributed by atoms with Crippen molar-refractivity contribution in [3.63, 3.8) is 0 Å². The number of benzene rings is 1. The molecule has 4 N–H and O–H groups in total. The molecule has 124 valence electrons. The number of azo groups is 1. The summed E-state index contributed by atoms with van der Waals surface area (Å²) >= 11 is 0. The maximum atomic E-state index is 11.4. The molecule has 23 heavy (non-hydrogen) atoms. The lowest BCUT2D eigenvalue weighted by atomic mass is 10.0. The summed E-state index contributed by atoms with van der Waals surface area (Å²) in [7, 11) is -8.95. The fourth-order valence-electron chi connectivity index (χ4n) is 1.81. The van der Waals surface area contributed by atoms with E-state index in [2.05, 4.69) is 10.2 Å². The van der Waals surface area contributed by atoms with E-state index in [4.69, 9.17) is 10.3 Å². The van der Waals surface area contributed by atoms with Crippen LogP contribution in [0, 0.1) is 0 Å². The molecule has 1 aliphatic rings. The molecule has 0 bridgehead atoms. The minimum Gasteiger partial charge on any atom is -0.305 e. The molecule has 2 unspecified atom stereocenters. The van der Waals surface area contributed by atoms with E-state index in [1.54, 1.807) is 0 Å². The Balaban J connectivity index is 2.29. The first kappa shape index (κ1) is 17.4. The monoisotopic (exact) mass is 359 g/mol. The third-order valence-electron chi connectivity index (χ3n) is 3.10. The zero-order valence-electron chi connectivity index (χ0n) is 11.5. The van der Waals surface area contributed by atoms with Crippen LogP contribution < -0.4 is 5.73 Å². The van der Waals surface area contributed by atoms with Gasteiger partial charge in [-0.25, -0.2) is 0 Å². The van der Waals surface area contributed by atoms with Crippen molar-refractivity contribution in [3.05, 3.63) is 48.6 Å². The molecule has 2 rings (SSSR count). The third kappa shape index (κ3) is 3.71. The SMILES string of the molecule is NC1(S(=O)(=O)O)C=CC=CC1/N=N/c1ccc(S(=O)(=O)O)cc1. The average molecular weight is 359 g/mol. The van der Waals surface area contributed by atoms with Gasteiger partial charge in [-0.3, -0.25) is 9.11 Å². The van der Waals surface area contributed by atoms with Crippen molar-refractivity contribution in [2.45, 2.75) is 15.8 Å². The van der Waals surface area contributed by atoms with Gasteiger partial charge in [0.05, 0.1) is 10.6 Å². The highest BCUT2D eigenvalue weighted by Gasteiger charge is 2.44. The maximum absolute atomic E-state index is 11.4. The third-order valence-corrected chi connectivity index (χ3v) is 5.24. The number of rotatable bonds is 4. The summed E-state index contributed by atoms with van der Waals surface area (Å²) in [5.74, 6) is 0. The van der Waals surface area contributed by atoms with Crippen molar-refractivity contribution in [3.8, 4) is 0 Å². The van der Waals surface area contributed by atoms with E-state index in [0.29, 0.717) is 0 Å². The molecule has 1 aromatic carbocycles. The second kappa shape index (κ2) is 5.94. The van der Waals surface area contributed by atoms with E-state index in [0.717, 1.165) is 18.2 Å². The van der Waals surface area contributed by atoms with Gasteiger partial charge >= 0.3 is 0 Å². The summed E-state index contributed by atoms with van der Waals surface area (Å²) in [5.41, 5.74) is 5.89. The summed E-state index contributed by atoms with van der Waals surface area (Å²) < 4.78 is 62.8. The van der Waals surface area contributed by atoms with Crippen LogP contribution in [0.4, 0.5) is 5.69 Å². The first-order valence-electron chi connectivity index (χ1n) is 6.14. The van der Waals surface area contributed by atoms with Gasteiger partial charge in [-0.2, -0.15) is 27.1 Å². The Kier molecular flexibility index (Phi) is 4.50. The Hall–Kier alpha value is -1.92. The molecule has 0 saturated heterocycles. The lowest BCUT2D eigenvalue weighted by Gasteiger charge is -2.27. The fourth-order valence-corrected chi connectivity index (χ4v) is 2.97. The zero-order valence-corrected chi connectivity index (χ0v) is 13.1. The second-order valence-electron chi connectivity index (χ2n) is 4.70. The van der Waals surface area contributed by atoms with Crippen LogP contribution in [0.2, 0.25) is 0 Å². The van der Waals surface area contributed by atoms with Crippen LogP contribution in [0.1, 0.15) is 0 Å². The van der Waals surface area contributed by atoms with Crippen molar-refractivity contribution in [2.24, 2.45) is 16.0 Å². The normalized spacial score (nSPS) is 25.1. The Labute approximate surface area is 132 Å². The molecule has 1 aliphatic carbocycles. The van der Waals surface area contributed by atoms with Crippen molar-refractivity contribution >= 4 is 25.9 Å². The first-order valence-corrected chi connectivity index (χ1v) is 9.02. The van der Waals surface area contributed by atoms with E-state index in [-0.39, 0.29) is 10.6 Å². The highest BCUT2D eigenvalue weighted by Crippen LogP contribution is 2.26. The quantitative estimate of drug-likeness (QED) is 0.535. The molecule has 0 saturated carbocycles. The summed E-state index contributed by atoms with van der Waals surface area (Å²) in [4.78, 5) is -2.46. The number of nitrogens with zero attached hydrogens (tertiary/aromatic N) is 2. The Morgan fingerprint density at radius 3 is 2.17 bits per heavy atom. The van der Waals surface area contributed by atoms with Gasteiger partial charge in [0.25, 0.3) is 20.2 Å². The molecular weight excluding hydrogens is 346 g/mol. The van der Waals surface area contributed by atoms with Crippen molar-refractivity contribution < 1.29 is 25.9 Å². The van der Waals surface area contributed by atoms with Crippen molar-refractivity contribution in [2.75, 3.05) is 0 Å². The lowest BCUT2D eigenvalue weighted by molar-refractivity contribution is 0.433. The van der Waals surface area contributed by atoms with Gasteiger partial charge in [0, 0.05) is 0 Å². The molecule has 1 aromatic rings. The van der Waals surface area contributed by atoms with Gasteiger partial charge in [0.15, 0.2) is 4.87 Å². The van der Waals surface area contributed by atoms with E-state index in [9.17, 15) is 21.4 Å². The van der Waals surface area contributed by atoms with Crippen LogP contribution in [-0.4, -0.2) is 36.9 Å². The number of allylic oxidation sites excluding steroid dienone is 2. The van der Waals surface area contributed by atoms with Gasteiger partial charge in [0.1, 0.15) is 6.04 Å². The summed E-state index contributed by atoms with van der Waals surface area (Å²) in [6.45, 7) is 0. The van der Waals surface area contributed by atoms with E-state index >= 15 is 0 Å². The predicted octanol–water partition coefficient (Wildman–Crippen LogP) is 1.05. The van der Waals surface area contributed by atoms with Gasteiger partial charge < -0.3 is 5.73 Å². The molecule has 0 heterocycles. The van der Waals surface area contributed by atoms with Crippen LogP contribution in [0.5, 0.6) is 0 Å². The van der Waals surface area contributed by atoms with Crippen molar-refractivity contribution in [1.29, 1.82) is 0 Å². The molecule has 11 heteroatoms.